The lowest BCUT2D eigenvalue weighted by Crippen LogP contribution is -2.50. The molecule has 2 aromatic carbocycles. The normalized spacial score (nSPS) is 14.5. The molecule has 1 aliphatic heterocycles. The number of benzene rings is 2. The molecule has 1 aliphatic rings. The Bertz CT molecular complexity index is 768. The Kier molecular flexibility index (Phi) is 4.37. The molecular weight excluding hydrogens is 306 g/mol. The number of amides is 2. The van der Waals surface area contributed by atoms with E-state index in [0.29, 0.717) is 37.4 Å². The molecule has 1 heterocycles. The van der Waals surface area contributed by atoms with Crippen LogP contribution in [0.25, 0.3) is 11.1 Å². The summed E-state index contributed by atoms with van der Waals surface area (Å²) in [5, 5.41) is 9.01. The monoisotopic (exact) mass is 325 g/mol. The maximum absolute atomic E-state index is 12.9. The third-order valence-electron chi connectivity index (χ3n) is 4.19. The summed E-state index contributed by atoms with van der Waals surface area (Å²) in [5.74, 6) is -0.0851. The van der Waals surface area contributed by atoms with E-state index in [-0.39, 0.29) is 5.91 Å². The van der Waals surface area contributed by atoms with Crippen molar-refractivity contribution in [1.29, 1.82) is 0 Å². The second-order valence-corrected chi connectivity index (χ2v) is 5.73. The Morgan fingerprint density at radius 1 is 0.917 bits per heavy atom. The zero-order chi connectivity index (χ0) is 17.1. The van der Waals surface area contributed by atoms with Gasteiger partial charge in [-0.05, 0) is 29.3 Å². The van der Waals surface area contributed by atoms with E-state index in [2.05, 4.69) is 0 Å². The molecule has 0 saturated carbocycles. The van der Waals surface area contributed by atoms with Crippen molar-refractivity contribution in [3.63, 3.8) is 0 Å². The molecule has 0 radical (unpaired) electrons. The second-order valence-electron chi connectivity index (χ2n) is 5.73. The van der Waals surface area contributed by atoms with E-state index in [1.165, 1.54) is 4.90 Å². The molecule has 3 N–H and O–H groups in total. The summed E-state index contributed by atoms with van der Waals surface area (Å²) in [7, 11) is 0. The molecule has 3 rings (SSSR count). The molecule has 124 valence electrons. The van der Waals surface area contributed by atoms with Crippen molar-refractivity contribution in [3.8, 4) is 11.1 Å². The summed E-state index contributed by atoms with van der Waals surface area (Å²) in [6.07, 6.45) is -0.942. The Hall–Kier alpha value is -3.02. The van der Waals surface area contributed by atoms with Gasteiger partial charge in [-0.1, -0.05) is 30.3 Å². The number of nitrogens with two attached hydrogens (primary N) is 1. The first-order valence-corrected chi connectivity index (χ1v) is 7.78. The number of nitrogen functional groups attached to an aromatic ring is 1. The standard InChI is InChI=1S/C18H19N3O3/c19-14-5-3-4-13(12-14)15-6-1-2-7-16(15)17(22)20-8-10-21(11-9-20)18(23)24/h1-7,12H,8-11,19H2,(H,23,24). The molecule has 2 aromatic rings. The van der Waals surface area contributed by atoms with Crippen LogP contribution in [0.15, 0.2) is 48.5 Å². The Balaban J connectivity index is 1.85. The molecule has 24 heavy (non-hydrogen) atoms. The summed E-state index contributed by atoms with van der Waals surface area (Å²) in [4.78, 5) is 26.9. The minimum atomic E-state index is -0.942. The quantitative estimate of drug-likeness (QED) is 0.830. The smallest absolute Gasteiger partial charge is 0.407 e. The van der Waals surface area contributed by atoms with Gasteiger partial charge in [0, 0.05) is 37.4 Å². The Labute approximate surface area is 140 Å². The number of carbonyl (C=O) groups is 2. The largest absolute Gasteiger partial charge is 0.465 e. The number of hydrogen-bond acceptors (Lipinski definition) is 3. The average molecular weight is 325 g/mol. The highest BCUT2D eigenvalue weighted by atomic mass is 16.4. The molecule has 1 fully saturated rings. The highest BCUT2D eigenvalue weighted by molar-refractivity contribution is 6.01. The van der Waals surface area contributed by atoms with E-state index < -0.39 is 6.09 Å². The minimum Gasteiger partial charge on any atom is -0.465 e. The lowest BCUT2D eigenvalue weighted by atomic mass is 9.98. The number of hydrogen-bond donors (Lipinski definition) is 2. The molecule has 1 saturated heterocycles. The van der Waals surface area contributed by atoms with E-state index in [9.17, 15) is 9.59 Å². The van der Waals surface area contributed by atoms with Gasteiger partial charge >= 0.3 is 6.09 Å². The number of carboxylic acid groups (broad SMARTS) is 1. The van der Waals surface area contributed by atoms with Gasteiger partial charge in [0.1, 0.15) is 0 Å². The lowest BCUT2D eigenvalue weighted by molar-refractivity contribution is 0.0625. The van der Waals surface area contributed by atoms with E-state index in [4.69, 9.17) is 10.8 Å². The zero-order valence-corrected chi connectivity index (χ0v) is 13.2. The first kappa shape index (κ1) is 15.9. The van der Waals surface area contributed by atoms with Crippen LogP contribution in [0, 0.1) is 0 Å². The van der Waals surface area contributed by atoms with Gasteiger partial charge in [0.25, 0.3) is 5.91 Å². The molecule has 6 nitrogen and oxygen atoms in total. The molecule has 2 amide bonds. The van der Waals surface area contributed by atoms with Crippen molar-refractivity contribution in [2.24, 2.45) is 0 Å². The van der Waals surface area contributed by atoms with Crippen LogP contribution in [0.3, 0.4) is 0 Å². The van der Waals surface area contributed by atoms with Gasteiger partial charge in [-0.15, -0.1) is 0 Å². The summed E-state index contributed by atoms with van der Waals surface area (Å²) >= 11 is 0. The van der Waals surface area contributed by atoms with Crippen molar-refractivity contribution in [3.05, 3.63) is 54.1 Å². The van der Waals surface area contributed by atoms with Crippen LogP contribution in [0.2, 0.25) is 0 Å². The van der Waals surface area contributed by atoms with Gasteiger partial charge < -0.3 is 20.6 Å². The molecule has 0 atom stereocenters. The highest BCUT2D eigenvalue weighted by Crippen LogP contribution is 2.26. The molecule has 0 bridgehead atoms. The Morgan fingerprint density at radius 3 is 2.25 bits per heavy atom. The van der Waals surface area contributed by atoms with Crippen LogP contribution >= 0.6 is 0 Å². The summed E-state index contributed by atoms with van der Waals surface area (Å²) < 4.78 is 0. The maximum atomic E-state index is 12.9. The van der Waals surface area contributed by atoms with Crippen LogP contribution in [0.5, 0.6) is 0 Å². The number of nitrogens with zero attached hydrogens (tertiary/aromatic N) is 2. The predicted octanol–water partition coefficient (Wildman–Crippen LogP) is 2.37. The third kappa shape index (κ3) is 3.17. The summed E-state index contributed by atoms with van der Waals surface area (Å²) in [6, 6.07) is 14.8. The first-order valence-electron chi connectivity index (χ1n) is 7.78. The molecular formula is C18H19N3O3. The SMILES string of the molecule is Nc1cccc(-c2ccccc2C(=O)N2CCN(C(=O)O)CC2)c1. The summed E-state index contributed by atoms with van der Waals surface area (Å²) in [6.45, 7) is 1.47. The number of piperazine rings is 1. The van der Waals surface area contributed by atoms with E-state index in [1.54, 1.807) is 17.0 Å². The van der Waals surface area contributed by atoms with E-state index in [1.807, 2.05) is 36.4 Å². The third-order valence-corrected chi connectivity index (χ3v) is 4.19. The van der Waals surface area contributed by atoms with Gasteiger partial charge in [-0.2, -0.15) is 0 Å². The van der Waals surface area contributed by atoms with Gasteiger partial charge in [0.05, 0.1) is 0 Å². The number of rotatable bonds is 2. The van der Waals surface area contributed by atoms with Crippen LogP contribution in [0.4, 0.5) is 10.5 Å². The topological polar surface area (TPSA) is 86.9 Å². The second kappa shape index (κ2) is 6.62. The predicted molar refractivity (Wildman–Crippen MR) is 91.8 cm³/mol. The van der Waals surface area contributed by atoms with E-state index >= 15 is 0 Å². The fourth-order valence-corrected chi connectivity index (χ4v) is 2.90. The minimum absolute atomic E-state index is 0.0851. The van der Waals surface area contributed by atoms with Gasteiger partial charge in [-0.25, -0.2) is 4.79 Å². The van der Waals surface area contributed by atoms with Crippen molar-refractivity contribution in [1.82, 2.24) is 9.80 Å². The first-order chi connectivity index (χ1) is 11.6. The molecule has 0 aromatic heterocycles. The molecule has 6 heteroatoms. The number of carbonyl (C=O) groups excluding carboxylic acids is 1. The van der Waals surface area contributed by atoms with Gasteiger partial charge in [0.2, 0.25) is 0 Å². The van der Waals surface area contributed by atoms with Crippen molar-refractivity contribution >= 4 is 17.7 Å². The van der Waals surface area contributed by atoms with E-state index in [0.717, 1.165) is 11.1 Å². The van der Waals surface area contributed by atoms with Crippen LogP contribution in [-0.2, 0) is 0 Å². The fourth-order valence-electron chi connectivity index (χ4n) is 2.90. The fraction of sp³-hybridized carbons (Fsp3) is 0.222. The lowest BCUT2D eigenvalue weighted by Gasteiger charge is -2.33. The molecule has 0 spiro atoms. The van der Waals surface area contributed by atoms with Crippen LogP contribution in [0.1, 0.15) is 10.4 Å². The van der Waals surface area contributed by atoms with Gasteiger partial charge in [0.15, 0.2) is 0 Å². The van der Waals surface area contributed by atoms with Crippen LogP contribution < -0.4 is 5.73 Å². The number of anilines is 1. The Morgan fingerprint density at radius 2 is 1.58 bits per heavy atom. The zero-order valence-electron chi connectivity index (χ0n) is 13.2. The summed E-state index contributed by atoms with van der Waals surface area (Å²) in [5.41, 5.74) is 8.82. The van der Waals surface area contributed by atoms with Gasteiger partial charge in [-0.3, -0.25) is 4.79 Å². The average Bonchev–Trinajstić information content (AvgIpc) is 2.61. The van der Waals surface area contributed by atoms with Crippen molar-refractivity contribution in [2.75, 3.05) is 31.9 Å². The maximum Gasteiger partial charge on any atom is 0.407 e. The highest BCUT2D eigenvalue weighted by Gasteiger charge is 2.25. The van der Waals surface area contributed by atoms with Crippen molar-refractivity contribution in [2.45, 2.75) is 0 Å². The van der Waals surface area contributed by atoms with Crippen molar-refractivity contribution < 1.29 is 14.7 Å². The molecule has 0 unspecified atom stereocenters. The van der Waals surface area contributed by atoms with Crippen LogP contribution in [-0.4, -0.2) is 53.1 Å². The molecule has 0 aliphatic carbocycles.